The van der Waals surface area contributed by atoms with E-state index < -0.39 is 0 Å². The Kier molecular flexibility index (Phi) is 3.63. The molecule has 122 valence electrons. The summed E-state index contributed by atoms with van der Waals surface area (Å²) in [6.07, 6.45) is 5.41. The molecule has 0 radical (unpaired) electrons. The molecular weight excluding hydrogens is 288 g/mol. The molecule has 0 spiro atoms. The standard InChI is InChI=1S/C19H24N2O2/c1-12-2-6-16(7-3-12)20-19(23)15-10-18(22)21(11-15)17-9-13-4-5-14(17)8-13/h2-3,6-7,13-15,17H,4-5,8-11H2,1H3,(H,20,23)/t13-,14-,15+,17-/m0/s1. The molecule has 4 heteroatoms. The van der Waals surface area contributed by atoms with Gasteiger partial charge >= 0.3 is 0 Å². The van der Waals surface area contributed by atoms with E-state index in [1.54, 1.807) is 0 Å². The zero-order chi connectivity index (χ0) is 16.0. The van der Waals surface area contributed by atoms with Crippen molar-refractivity contribution in [2.24, 2.45) is 17.8 Å². The summed E-state index contributed by atoms with van der Waals surface area (Å²) in [7, 11) is 0. The molecule has 2 aliphatic carbocycles. The Labute approximate surface area is 137 Å². The lowest BCUT2D eigenvalue weighted by molar-refractivity contribution is -0.130. The molecule has 23 heavy (non-hydrogen) atoms. The van der Waals surface area contributed by atoms with Crippen LogP contribution >= 0.6 is 0 Å². The van der Waals surface area contributed by atoms with Crippen molar-refractivity contribution in [1.82, 2.24) is 4.90 Å². The van der Waals surface area contributed by atoms with Gasteiger partial charge in [-0.15, -0.1) is 0 Å². The third-order valence-electron chi connectivity index (χ3n) is 5.95. The van der Waals surface area contributed by atoms with Crippen molar-refractivity contribution in [2.75, 3.05) is 11.9 Å². The van der Waals surface area contributed by atoms with E-state index in [1.807, 2.05) is 36.1 Å². The van der Waals surface area contributed by atoms with Crippen molar-refractivity contribution in [3.8, 4) is 0 Å². The summed E-state index contributed by atoms with van der Waals surface area (Å²) in [6.45, 7) is 2.62. The van der Waals surface area contributed by atoms with Gasteiger partial charge in [0.25, 0.3) is 0 Å². The molecule has 2 bridgehead atoms. The van der Waals surface area contributed by atoms with Gasteiger partial charge < -0.3 is 10.2 Å². The normalized spacial score (nSPS) is 32.6. The molecule has 4 atom stereocenters. The Morgan fingerprint density at radius 3 is 2.61 bits per heavy atom. The van der Waals surface area contributed by atoms with Gasteiger partial charge in [0.1, 0.15) is 0 Å². The van der Waals surface area contributed by atoms with Crippen molar-refractivity contribution >= 4 is 17.5 Å². The molecule has 1 aromatic rings. The Bertz CT molecular complexity index is 625. The molecule has 4 rings (SSSR count). The number of fused-ring (bicyclic) bond motifs is 2. The lowest BCUT2D eigenvalue weighted by Crippen LogP contribution is -2.40. The summed E-state index contributed by atoms with van der Waals surface area (Å²) in [4.78, 5) is 26.9. The van der Waals surface area contributed by atoms with Crippen LogP contribution in [0.25, 0.3) is 0 Å². The maximum absolute atomic E-state index is 12.5. The molecule has 3 fully saturated rings. The highest BCUT2D eigenvalue weighted by molar-refractivity contribution is 5.97. The molecule has 4 nitrogen and oxygen atoms in total. The predicted molar refractivity (Wildman–Crippen MR) is 88.9 cm³/mol. The highest BCUT2D eigenvalue weighted by atomic mass is 16.2. The van der Waals surface area contributed by atoms with E-state index in [0.717, 1.165) is 18.0 Å². The zero-order valence-corrected chi connectivity index (χ0v) is 13.6. The number of nitrogens with one attached hydrogen (secondary N) is 1. The molecule has 0 unspecified atom stereocenters. The number of carbonyl (C=O) groups excluding carboxylic acids is 2. The number of aryl methyl sites for hydroxylation is 1. The number of hydrogen-bond donors (Lipinski definition) is 1. The lowest BCUT2D eigenvalue weighted by Gasteiger charge is -2.31. The molecule has 1 saturated heterocycles. The van der Waals surface area contributed by atoms with Crippen molar-refractivity contribution in [3.63, 3.8) is 0 Å². The Hall–Kier alpha value is -1.84. The molecule has 1 aromatic carbocycles. The number of hydrogen-bond acceptors (Lipinski definition) is 2. The van der Waals surface area contributed by atoms with E-state index in [2.05, 4.69) is 5.32 Å². The van der Waals surface area contributed by atoms with Crippen molar-refractivity contribution < 1.29 is 9.59 Å². The summed E-state index contributed by atoms with van der Waals surface area (Å²) in [5.41, 5.74) is 1.98. The fraction of sp³-hybridized carbons (Fsp3) is 0.579. The minimum absolute atomic E-state index is 0.0205. The quantitative estimate of drug-likeness (QED) is 0.933. The number of benzene rings is 1. The van der Waals surface area contributed by atoms with Crippen LogP contribution in [0.15, 0.2) is 24.3 Å². The minimum Gasteiger partial charge on any atom is -0.339 e. The summed E-state index contributed by atoms with van der Waals surface area (Å²) in [6, 6.07) is 8.20. The van der Waals surface area contributed by atoms with E-state index in [0.29, 0.717) is 24.9 Å². The Morgan fingerprint density at radius 1 is 1.17 bits per heavy atom. The molecule has 0 aromatic heterocycles. The number of anilines is 1. The van der Waals surface area contributed by atoms with E-state index in [1.165, 1.54) is 24.8 Å². The number of rotatable bonds is 3. The SMILES string of the molecule is Cc1ccc(NC(=O)[C@@H]2CC(=O)N([C@H]3C[C@H]4CC[C@H]3C4)C2)cc1. The van der Waals surface area contributed by atoms with Gasteiger partial charge in [0.2, 0.25) is 11.8 Å². The van der Waals surface area contributed by atoms with Gasteiger partial charge in [-0.3, -0.25) is 9.59 Å². The van der Waals surface area contributed by atoms with Gasteiger partial charge in [0, 0.05) is 24.7 Å². The maximum Gasteiger partial charge on any atom is 0.229 e. The monoisotopic (exact) mass is 312 g/mol. The molecule has 3 aliphatic rings. The topological polar surface area (TPSA) is 49.4 Å². The third kappa shape index (κ3) is 2.75. The number of nitrogens with zero attached hydrogens (tertiary/aromatic N) is 1. The number of amides is 2. The van der Waals surface area contributed by atoms with Crippen LogP contribution in [0.4, 0.5) is 5.69 Å². The van der Waals surface area contributed by atoms with Crippen LogP contribution in [0, 0.1) is 24.7 Å². The van der Waals surface area contributed by atoms with Gasteiger partial charge in [-0.25, -0.2) is 0 Å². The highest BCUT2D eigenvalue weighted by Gasteiger charge is 2.47. The first kappa shape index (κ1) is 14.7. The second-order valence-corrected chi connectivity index (χ2v) is 7.54. The fourth-order valence-corrected chi connectivity index (χ4v) is 4.70. The van der Waals surface area contributed by atoms with Crippen LogP contribution in [0.3, 0.4) is 0 Å². The van der Waals surface area contributed by atoms with Crippen LogP contribution in [-0.4, -0.2) is 29.3 Å². The number of carbonyl (C=O) groups is 2. The van der Waals surface area contributed by atoms with E-state index in [9.17, 15) is 9.59 Å². The van der Waals surface area contributed by atoms with Gasteiger partial charge in [-0.05, 0) is 50.2 Å². The summed E-state index contributed by atoms with van der Waals surface area (Å²) < 4.78 is 0. The smallest absolute Gasteiger partial charge is 0.229 e. The molecule has 1 heterocycles. The van der Waals surface area contributed by atoms with Crippen molar-refractivity contribution in [3.05, 3.63) is 29.8 Å². The van der Waals surface area contributed by atoms with E-state index in [4.69, 9.17) is 0 Å². The molecule has 2 amide bonds. The van der Waals surface area contributed by atoms with Crippen molar-refractivity contribution in [2.45, 2.75) is 45.1 Å². The minimum atomic E-state index is -0.206. The van der Waals surface area contributed by atoms with Crippen LogP contribution in [0.2, 0.25) is 0 Å². The van der Waals surface area contributed by atoms with Crippen LogP contribution in [0.1, 0.15) is 37.7 Å². The Balaban J connectivity index is 1.39. The van der Waals surface area contributed by atoms with Gasteiger partial charge in [-0.1, -0.05) is 24.1 Å². The van der Waals surface area contributed by atoms with E-state index >= 15 is 0 Å². The van der Waals surface area contributed by atoms with Crippen LogP contribution < -0.4 is 5.32 Å². The molecular formula is C19H24N2O2. The van der Waals surface area contributed by atoms with Crippen molar-refractivity contribution in [1.29, 1.82) is 0 Å². The average molecular weight is 312 g/mol. The van der Waals surface area contributed by atoms with Crippen LogP contribution in [0.5, 0.6) is 0 Å². The van der Waals surface area contributed by atoms with Gasteiger partial charge in [0.15, 0.2) is 0 Å². The molecule has 1 N–H and O–H groups in total. The summed E-state index contributed by atoms with van der Waals surface area (Å²) in [5, 5.41) is 2.96. The third-order valence-corrected chi connectivity index (χ3v) is 5.95. The maximum atomic E-state index is 12.5. The summed E-state index contributed by atoms with van der Waals surface area (Å²) in [5.74, 6) is 1.45. The van der Waals surface area contributed by atoms with E-state index in [-0.39, 0.29) is 17.7 Å². The highest BCUT2D eigenvalue weighted by Crippen LogP contribution is 2.47. The zero-order valence-electron chi connectivity index (χ0n) is 13.6. The first-order chi connectivity index (χ1) is 11.1. The fourth-order valence-electron chi connectivity index (χ4n) is 4.70. The summed E-state index contributed by atoms with van der Waals surface area (Å²) >= 11 is 0. The first-order valence-electron chi connectivity index (χ1n) is 8.77. The number of likely N-dealkylation sites (tertiary alicyclic amines) is 1. The Morgan fingerprint density at radius 2 is 1.96 bits per heavy atom. The second kappa shape index (κ2) is 5.66. The first-order valence-corrected chi connectivity index (χ1v) is 8.77. The van der Waals surface area contributed by atoms with Crippen LogP contribution in [-0.2, 0) is 9.59 Å². The van der Waals surface area contributed by atoms with Gasteiger partial charge in [0.05, 0.1) is 5.92 Å². The molecule has 1 aliphatic heterocycles. The largest absolute Gasteiger partial charge is 0.339 e. The second-order valence-electron chi connectivity index (χ2n) is 7.54. The average Bonchev–Trinajstić information content (AvgIpc) is 3.24. The van der Waals surface area contributed by atoms with Gasteiger partial charge in [-0.2, -0.15) is 0 Å². The molecule has 2 saturated carbocycles. The lowest BCUT2D eigenvalue weighted by atomic mass is 9.94. The predicted octanol–water partition coefficient (Wildman–Crippen LogP) is 2.97.